The van der Waals surface area contributed by atoms with E-state index in [0.29, 0.717) is 25.3 Å². The minimum Gasteiger partial charge on any atom is -0.352 e. The van der Waals surface area contributed by atoms with Gasteiger partial charge >= 0.3 is 0 Å². The topological polar surface area (TPSA) is 87.5 Å². The maximum absolute atomic E-state index is 13.1. The van der Waals surface area contributed by atoms with Crippen LogP contribution in [-0.4, -0.2) is 63.5 Å². The standard InChI is InChI=1S/C22H27N5O3/c1-15-4-6-16(7-5-15)13-26-10-3-11-27-19(22(26)30)12-18(24-27)21(29)25(2)14-20(28)23-17-8-9-17/h4-7,12,17H,3,8-11,13-14H2,1-2H3,(H,23,28). The van der Waals surface area contributed by atoms with Crippen LogP contribution < -0.4 is 5.32 Å². The first kappa shape index (κ1) is 20.1. The predicted octanol–water partition coefficient (Wildman–Crippen LogP) is 1.59. The zero-order valence-corrected chi connectivity index (χ0v) is 17.4. The van der Waals surface area contributed by atoms with E-state index in [1.807, 2.05) is 31.2 Å². The van der Waals surface area contributed by atoms with Crippen molar-refractivity contribution in [1.29, 1.82) is 0 Å². The summed E-state index contributed by atoms with van der Waals surface area (Å²) < 4.78 is 1.61. The van der Waals surface area contributed by atoms with E-state index in [9.17, 15) is 14.4 Å². The molecule has 0 unspecified atom stereocenters. The second kappa shape index (κ2) is 8.30. The van der Waals surface area contributed by atoms with E-state index in [1.54, 1.807) is 22.7 Å². The highest BCUT2D eigenvalue weighted by Crippen LogP contribution is 2.19. The number of aryl methyl sites for hydroxylation is 2. The highest BCUT2D eigenvalue weighted by atomic mass is 16.2. The lowest BCUT2D eigenvalue weighted by Crippen LogP contribution is -2.39. The number of nitrogens with one attached hydrogen (secondary N) is 1. The summed E-state index contributed by atoms with van der Waals surface area (Å²) in [5.74, 6) is -0.664. The van der Waals surface area contributed by atoms with Gasteiger partial charge in [0.2, 0.25) is 5.91 Å². The molecule has 0 radical (unpaired) electrons. The van der Waals surface area contributed by atoms with Crippen molar-refractivity contribution < 1.29 is 14.4 Å². The van der Waals surface area contributed by atoms with Crippen LogP contribution in [-0.2, 0) is 17.9 Å². The fourth-order valence-corrected chi connectivity index (χ4v) is 3.59. The molecule has 0 atom stereocenters. The van der Waals surface area contributed by atoms with Crippen molar-refractivity contribution >= 4 is 17.7 Å². The molecule has 4 rings (SSSR count). The van der Waals surface area contributed by atoms with Gasteiger partial charge in [0, 0.05) is 38.8 Å². The fourth-order valence-electron chi connectivity index (χ4n) is 3.59. The number of carbonyl (C=O) groups excluding carboxylic acids is 3. The highest BCUT2D eigenvalue weighted by molar-refractivity contribution is 5.99. The Morgan fingerprint density at radius 3 is 2.63 bits per heavy atom. The molecule has 1 N–H and O–H groups in total. The molecule has 1 saturated carbocycles. The zero-order chi connectivity index (χ0) is 21.3. The first-order chi connectivity index (χ1) is 14.4. The van der Waals surface area contributed by atoms with Gasteiger partial charge in [0.05, 0.1) is 6.54 Å². The van der Waals surface area contributed by atoms with Crippen molar-refractivity contribution in [2.45, 2.75) is 45.3 Å². The first-order valence-corrected chi connectivity index (χ1v) is 10.4. The van der Waals surface area contributed by atoms with Crippen LogP contribution in [0.15, 0.2) is 30.3 Å². The van der Waals surface area contributed by atoms with Gasteiger partial charge in [-0.1, -0.05) is 29.8 Å². The van der Waals surface area contributed by atoms with Gasteiger partial charge in [0.1, 0.15) is 5.69 Å². The monoisotopic (exact) mass is 409 g/mol. The van der Waals surface area contributed by atoms with E-state index in [2.05, 4.69) is 10.4 Å². The minimum absolute atomic E-state index is 0.0228. The molecule has 2 aliphatic rings. The molecule has 1 fully saturated rings. The number of nitrogens with zero attached hydrogens (tertiary/aromatic N) is 4. The second-order valence-electron chi connectivity index (χ2n) is 8.21. The number of benzene rings is 1. The number of rotatable bonds is 6. The highest BCUT2D eigenvalue weighted by Gasteiger charge is 2.28. The van der Waals surface area contributed by atoms with Gasteiger partial charge in [-0.25, -0.2) is 0 Å². The molecular formula is C22H27N5O3. The number of hydrogen-bond donors (Lipinski definition) is 1. The molecule has 1 aromatic carbocycles. The number of fused-ring (bicyclic) bond motifs is 1. The number of carbonyl (C=O) groups is 3. The summed E-state index contributed by atoms with van der Waals surface area (Å²) in [7, 11) is 1.57. The van der Waals surface area contributed by atoms with Crippen molar-refractivity contribution in [3.63, 3.8) is 0 Å². The molecule has 8 nitrogen and oxygen atoms in total. The molecule has 30 heavy (non-hydrogen) atoms. The fraction of sp³-hybridized carbons (Fsp3) is 0.455. The van der Waals surface area contributed by atoms with Gasteiger partial charge in [0.25, 0.3) is 11.8 Å². The third-order valence-electron chi connectivity index (χ3n) is 5.47. The van der Waals surface area contributed by atoms with Gasteiger partial charge in [-0.15, -0.1) is 0 Å². The van der Waals surface area contributed by atoms with Crippen LogP contribution in [0, 0.1) is 6.92 Å². The van der Waals surface area contributed by atoms with Crippen molar-refractivity contribution in [2.24, 2.45) is 0 Å². The van der Waals surface area contributed by atoms with Crippen LogP contribution in [0.3, 0.4) is 0 Å². The lowest BCUT2D eigenvalue weighted by molar-refractivity contribution is -0.121. The van der Waals surface area contributed by atoms with Crippen LogP contribution in [0.5, 0.6) is 0 Å². The lowest BCUT2D eigenvalue weighted by Gasteiger charge is -2.20. The first-order valence-electron chi connectivity index (χ1n) is 10.4. The van der Waals surface area contributed by atoms with Crippen molar-refractivity contribution in [2.75, 3.05) is 20.1 Å². The predicted molar refractivity (Wildman–Crippen MR) is 111 cm³/mol. The molecule has 1 aromatic heterocycles. The maximum atomic E-state index is 13.1. The third-order valence-corrected chi connectivity index (χ3v) is 5.47. The van der Waals surface area contributed by atoms with Crippen molar-refractivity contribution in [3.8, 4) is 0 Å². The lowest BCUT2D eigenvalue weighted by atomic mass is 10.1. The second-order valence-corrected chi connectivity index (χ2v) is 8.21. The number of aromatic nitrogens is 2. The molecule has 0 spiro atoms. The molecule has 2 aromatic rings. The molecule has 2 heterocycles. The third kappa shape index (κ3) is 4.53. The Hall–Kier alpha value is -3.16. The number of likely N-dealkylation sites (N-methyl/N-ethyl adjacent to an activating group) is 1. The van der Waals surface area contributed by atoms with E-state index >= 15 is 0 Å². The summed E-state index contributed by atoms with van der Waals surface area (Å²) in [6, 6.07) is 9.93. The summed E-state index contributed by atoms with van der Waals surface area (Å²) in [6.45, 7) is 3.75. The molecule has 1 aliphatic carbocycles. The van der Waals surface area contributed by atoms with E-state index < -0.39 is 0 Å². The van der Waals surface area contributed by atoms with E-state index in [-0.39, 0.29) is 36.0 Å². The molecular weight excluding hydrogens is 382 g/mol. The quantitative estimate of drug-likeness (QED) is 0.785. The number of amides is 3. The minimum atomic E-state index is -0.362. The van der Waals surface area contributed by atoms with E-state index in [1.165, 1.54) is 10.5 Å². The Bertz CT molecular complexity index is 962. The average Bonchev–Trinajstić information content (AvgIpc) is 3.45. The summed E-state index contributed by atoms with van der Waals surface area (Å²) >= 11 is 0. The molecule has 8 heteroatoms. The molecule has 0 saturated heterocycles. The SMILES string of the molecule is Cc1ccc(CN2CCCn3nc(C(=O)N(C)CC(=O)NC4CC4)cc3C2=O)cc1. The van der Waals surface area contributed by atoms with Gasteiger partial charge in [-0.05, 0) is 31.7 Å². The maximum Gasteiger partial charge on any atom is 0.274 e. The Morgan fingerprint density at radius 1 is 1.20 bits per heavy atom. The molecule has 1 aliphatic heterocycles. The largest absolute Gasteiger partial charge is 0.352 e. The van der Waals surface area contributed by atoms with Crippen LogP contribution in [0.25, 0.3) is 0 Å². The Morgan fingerprint density at radius 2 is 1.93 bits per heavy atom. The zero-order valence-electron chi connectivity index (χ0n) is 17.4. The van der Waals surface area contributed by atoms with Crippen LogP contribution in [0.4, 0.5) is 0 Å². The van der Waals surface area contributed by atoms with Crippen molar-refractivity contribution in [1.82, 2.24) is 24.9 Å². The molecule has 158 valence electrons. The smallest absolute Gasteiger partial charge is 0.274 e. The normalized spacial score (nSPS) is 16.1. The van der Waals surface area contributed by atoms with E-state index in [0.717, 1.165) is 24.8 Å². The van der Waals surface area contributed by atoms with Crippen molar-refractivity contribution in [3.05, 3.63) is 52.8 Å². The average molecular weight is 409 g/mol. The van der Waals surface area contributed by atoms with Gasteiger partial charge in [0.15, 0.2) is 5.69 Å². The van der Waals surface area contributed by atoms with Crippen LogP contribution >= 0.6 is 0 Å². The Labute approximate surface area is 175 Å². The Balaban J connectivity index is 1.45. The summed E-state index contributed by atoms with van der Waals surface area (Å²) in [5, 5.41) is 7.23. The number of hydrogen-bond acceptors (Lipinski definition) is 4. The van der Waals surface area contributed by atoms with Gasteiger partial charge in [-0.3, -0.25) is 19.1 Å². The van der Waals surface area contributed by atoms with Crippen LogP contribution in [0.2, 0.25) is 0 Å². The molecule has 3 amide bonds. The summed E-state index contributed by atoms with van der Waals surface area (Å²) in [4.78, 5) is 41.0. The molecule has 0 bridgehead atoms. The summed E-state index contributed by atoms with van der Waals surface area (Å²) in [6.07, 6.45) is 2.76. The van der Waals surface area contributed by atoms with E-state index in [4.69, 9.17) is 0 Å². The summed E-state index contributed by atoms with van der Waals surface area (Å²) in [5.41, 5.74) is 2.85. The Kier molecular flexibility index (Phi) is 5.57. The van der Waals surface area contributed by atoms with Crippen LogP contribution in [0.1, 0.15) is 51.4 Å². The van der Waals surface area contributed by atoms with Gasteiger partial charge < -0.3 is 15.1 Å². The van der Waals surface area contributed by atoms with Gasteiger partial charge in [-0.2, -0.15) is 5.10 Å².